The lowest BCUT2D eigenvalue weighted by atomic mass is 10.1. The van der Waals surface area contributed by atoms with Crippen molar-refractivity contribution in [2.45, 2.75) is 6.54 Å². The van der Waals surface area contributed by atoms with Crippen LogP contribution in [0.5, 0.6) is 17.2 Å². The number of carbonyl (C=O) groups is 1. The average molecular weight is 393 g/mol. The second-order valence-corrected chi connectivity index (χ2v) is 6.33. The van der Waals surface area contributed by atoms with Crippen LogP contribution in [-0.2, 0) is 11.3 Å². The fourth-order valence-electron chi connectivity index (χ4n) is 2.84. The van der Waals surface area contributed by atoms with E-state index in [0.29, 0.717) is 29.5 Å². The third-order valence-electron chi connectivity index (χ3n) is 4.34. The highest BCUT2D eigenvalue weighted by Crippen LogP contribution is 2.34. The van der Waals surface area contributed by atoms with Gasteiger partial charge in [0.25, 0.3) is 11.5 Å². The quantitative estimate of drug-likeness (QED) is 0.659. The van der Waals surface area contributed by atoms with Gasteiger partial charge in [0.15, 0.2) is 18.1 Å². The van der Waals surface area contributed by atoms with Crippen molar-refractivity contribution in [3.8, 4) is 28.5 Å². The molecule has 0 saturated carbocycles. The molecule has 1 aliphatic heterocycles. The van der Waals surface area contributed by atoms with Gasteiger partial charge in [0.1, 0.15) is 5.75 Å². The molecule has 4 rings (SSSR count). The molecule has 2 heterocycles. The number of carbonyl (C=O) groups excluding carboxylic acids is 1. The summed E-state index contributed by atoms with van der Waals surface area (Å²) in [6, 6.07) is 16.1. The lowest BCUT2D eigenvalue weighted by molar-refractivity contribution is -0.123. The Kier molecular flexibility index (Phi) is 5.42. The highest BCUT2D eigenvalue weighted by Gasteiger charge is 2.14. The molecule has 0 atom stereocenters. The van der Waals surface area contributed by atoms with Crippen molar-refractivity contribution >= 4 is 5.91 Å². The standard InChI is InChI=1S/C21H19N3O5/c25-20(12-27-16-6-7-18-19(10-16)29-14-28-18)22-8-9-24-13-23-17(11-21(24)26)15-4-2-1-3-5-15/h1-7,10-11,13H,8-9,12,14H2,(H,22,25). The summed E-state index contributed by atoms with van der Waals surface area (Å²) in [7, 11) is 0. The number of ether oxygens (including phenoxy) is 3. The first kappa shape index (κ1) is 18.5. The van der Waals surface area contributed by atoms with Gasteiger partial charge in [0.05, 0.1) is 12.0 Å². The summed E-state index contributed by atoms with van der Waals surface area (Å²) in [5.74, 6) is 1.47. The lowest BCUT2D eigenvalue weighted by Gasteiger charge is -2.09. The minimum atomic E-state index is -0.287. The Morgan fingerprint density at radius 3 is 2.76 bits per heavy atom. The van der Waals surface area contributed by atoms with E-state index in [1.165, 1.54) is 17.0 Å². The Morgan fingerprint density at radius 1 is 1.10 bits per heavy atom. The maximum absolute atomic E-state index is 12.3. The molecule has 3 aromatic rings. The van der Waals surface area contributed by atoms with Crippen LogP contribution < -0.4 is 25.1 Å². The molecule has 0 aliphatic carbocycles. The maximum atomic E-state index is 12.3. The van der Waals surface area contributed by atoms with Gasteiger partial charge in [0.2, 0.25) is 6.79 Å². The van der Waals surface area contributed by atoms with Gasteiger partial charge < -0.3 is 19.5 Å². The van der Waals surface area contributed by atoms with Crippen LogP contribution in [0, 0.1) is 0 Å². The summed E-state index contributed by atoms with van der Waals surface area (Å²) in [4.78, 5) is 28.5. The molecule has 0 bridgehead atoms. The molecular formula is C21H19N3O5. The monoisotopic (exact) mass is 393 g/mol. The van der Waals surface area contributed by atoms with Crippen LogP contribution >= 0.6 is 0 Å². The molecule has 0 spiro atoms. The first-order chi connectivity index (χ1) is 14.2. The molecule has 0 fully saturated rings. The van der Waals surface area contributed by atoms with Gasteiger partial charge in [-0.2, -0.15) is 0 Å². The fraction of sp³-hybridized carbons (Fsp3) is 0.190. The number of benzene rings is 2. The van der Waals surface area contributed by atoms with Gasteiger partial charge in [-0.25, -0.2) is 4.98 Å². The molecule has 1 N–H and O–H groups in total. The summed E-state index contributed by atoms with van der Waals surface area (Å²) in [6.07, 6.45) is 1.49. The Morgan fingerprint density at radius 2 is 1.93 bits per heavy atom. The van der Waals surface area contributed by atoms with Crippen LogP contribution in [-0.4, -0.2) is 35.4 Å². The van der Waals surface area contributed by atoms with Crippen LogP contribution in [0.2, 0.25) is 0 Å². The molecule has 8 heteroatoms. The smallest absolute Gasteiger partial charge is 0.258 e. The van der Waals surface area contributed by atoms with Gasteiger partial charge in [-0.1, -0.05) is 30.3 Å². The average Bonchev–Trinajstić information content (AvgIpc) is 3.22. The Balaban J connectivity index is 1.25. The number of fused-ring (bicyclic) bond motifs is 1. The van der Waals surface area contributed by atoms with Crippen molar-refractivity contribution in [2.24, 2.45) is 0 Å². The lowest BCUT2D eigenvalue weighted by Crippen LogP contribution is -2.33. The van der Waals surface area contributed by atoms with E-state index in [1.54, 1.807) is 18.2 Å². The molecule has 8 nitrogen and oxygen atoms in total. The minimum Gasteiger partial charge on any atom is -0.484 e. The molecule has 1 amide bonds. The van der Waals surface area contributed by atoms with Gasteiger partial charge in [-0.3, -0.25) is 14.2 Å². The normalized spacial score (nSPS) is 11.9. The number of rotatable bonds is 7. The van der Waals surface area contributed by atoms with E-state index in [4.69, 9.17) is 14.2 Å². The SMILES string of the molecule is O=C(COc1ccc2c(c1)OCO2)NCCn1cnc(-c2ccccc2)cc1=O. The van der Waals surface area contributed by atoms with E-state index in [2.05, 4.69) is 10.3 Å². The Labute approximate surface area is 166 Å². The Bertz CT molecular complexity index is 1070. The highest BCUT2D eigenvalue weighted by atomic mass is 16.7. The van der Waals surface area contributed by atoms with Crippen LogP contribution in [0.25, 0.3) is 11.3 Å². The first-order valence-corrected chi connectivity index (χ1v) is 9.10. The maximum Gasteiger partial charge on any atom is 0.258 e. The van der Waals surface area contributed by atoms with Crippen LogP contribution in [0.1, 0.15) is 0 Å². The zero-order valence-corrected chi connectivity index (χ0v) is 15.5. The predicted octanol–water partition coefficient (Wildman–Crippen LogP) is 1.83. The van der Waals surface area contributed by atoms with Crippen molar-refractivity contribution in [1.82, 2.24) is 14.9 Å². The van der Waals surface area contributed by atoms with E-state index in [9.17, 15) is 9.59 Å². The molecule has 1 aromatic heterocycles. The summed E-state index contributed by atoms with van der Waals surface area (Å²) >= 11 is 0. The number of hydrogen-bond acceptors (Lipinski definition) is 6. The van der Waals surface area contributed by atoms with Gasteiger partial charge >= 0.3 is 0 Å². The summed E-state index contributed by atoms with van der Waals surface area (Å²) in [6.45, 7) is 0.645. The molecule has 2 aromatic carbocycles. The topological polar surface area (TPSA) is 91.7 Å². The van der Waals surface area contributed by atoms with E-state index in [1.807, 2.05) is 30.3 Å². The van der Waals surface area contributed by atoms with Gasteiger partial charge in [-0.15, -0.1) is 0 Å². The third-order valence-corrected chi connectivity index (χ3v) is 4.34. The second kappa shape index (κ2) is 8.47. The summed E-state index contributed by atoms with van der Waals surface area (Å²) < 4.78 is 17.4. The number of nitrogens with zero attached hydrogens (tertiary/aromatic N) is 2. The number of aromatic nitrogens is 2. The van der Waals surface area contributed by atoms with Crippen LogP contribution in [0.3, 0.4) is 0 Å². The molecular weight excluding hydrogens is 374 g/mol. The molecule has 148 valence electrons. The minimum absolute atomic E-state index is 0.139. The van der Waals surface area contributed by atoms with Gasteiger partial charge in [-0.05, 0) is 12.1 Å². The van der Waals surface area contributed by atoms with Crippen molar-refractivity contribution in [3.05, 3.63) is 71.3 Å². The second-order valence-electron chi connectivity index (χ2n) is 6.33. The van der Waals surface area contributed by atoms with Crippen molar-refractivity contribution in [1.29, 1.82) is 0 Å². The fourth-order valence-corrected chi connectivity index (χ4v) is 2.84. The van der Waals surface area contributed by atoms with Crippen molar-refractivity contribution in [3.63, 3.8) is 0 Å². The molecule has 29 heavy (non-hydrogen) atoms. The highest BCUT2D eigenvalue weighted by molar-refractivity contribution is 5.77. The van der Waals surface area contributed by atoms with E-state index >= 15 is 0 Å². The largest absolute Gasteiger partial charge is 0.484 e. The third kappa shape index (κ3) is 4.55. The predicted molar refractivity (Wildman–Crippen MR) is 105 cm³/mol. The number of hydrogen-bond donors (Lipinski definition) is 1. The molecule has 0 radical (unpaired) electrons. The first-order valence-electron chi connectivity index (χ1n) is 9.10. The van der Waals surface area contributed by atoms with E-state index < -0.39 is 0 Å². The summed E-state index contributed by atoms with van der Waals surface area (Å²) in [5.41, 5.74) is 1.32. The van der Waals surface area contributed by atoms with E-state index in [-0.39, 0.29) is 31.4 Å². The van der Waals surface area contributed by atoms with Crippen molar-refractivity contribution in [2.75, 3.05) is 19.9 Å². The van der Waals surface area contributed by atoms with Crippen LogP contribution in [0.15, 0.2) is 65.7 Å². The zero-order chi connectivity index (χ0) is 20.1. The molecule has 0 saturated heterocycles. The van der Waals surface area contributed by atoms with Crippen LogP contribution in [0.4, 0.5) is 0 Å². The number of nitrogens with one attached hydrogen (secondary N) is 1. The zero-order valence-electron chi connectivity index (χ0n) is 15.5. The molecule has 0 unspecified atom stereocenters. The number of amides is 1. The van der Waals surface area contributed by atoms with Gasteiger partial charge in [0, 0.05) is 30.8 Å². The van der Waals surface area contributed by atoms with Crippen molar-refractivity contribution < 1.29 is 19.0 Å². The molecule has 1 aliphatic rings. The Hall–Kier alpha value is -3.81. The summed E-state index contributed by atoms with van der Waals surface area (Å²) in [5, 5.41) is 2.72. The van der Waals surface area contributed by atoms with E-state index in [0.717, 1.165) is 5.56 Å².